The van der Waals surface area contributed by atoms with E-state index in [4.69, 9.17) is 14.2 Å². The summed E-state index contributed by atoms with van der Waals surface area (Å²) in [4.78, 5) is 12.6. The zero-order valence-corrected chi connectivity index (χ0v) is 15.6. The number of anilines is 1. The highest BCUT2D eigenvalue weighted by Crippen LogP contribution is 2.33. The summed E-state index contributed by atoms with van der Waals surface area (Å²) in [5, 5.41) is 10.6. The number of halogens is 1. The van der Waals surface area contributed by atoms with Crippen LogP contribution in [0.25, 0.3) is 10.9 Å². The number of benzene rings is 3. The molecule has 1 amide bonds. The van der Waals surface area contributed by atoms with Gasteiger partial charge in [0.15, 0.2) is 17.3 Å². The van der Waals surface area contributed by atoms with Crippen LogP contribution in [-0.2, 0) is 6.61 Å². The highest BCUT2D eigenvalue weighted by molar-refractivity contribution is 6.08. The number of ether oxygens (including phenoxy) is 3. The quantitative estimate of drug-likeness (QED) is 0.518. The minimum Gasteiger partial charge on any atom is -0.489 e. The van der Waals surface area contributed by atoms with E-state index in [1.165, 1.54) is 6.07 Å². The van der Waals surface area contributed by atoms with E-state index in [9.17, 15) is 9.18 Å². The van der Waals surface area contributed by atoms with Gasteiger partial charge in [0.2, 0.25) is 6.79 Å². The second-order valence-electron chi connectivity index (χ2n) is 6.68. The molecule has 2 N–H and O–H groups in total. The smallest absolute Gasteiger partial charge is 0.257 e. The predicted molar refractivity (Wildman–Crippen MR) is 107 cm³/mol. The third-order valence-corrected chi connectivity index (χ3v) is 4.75. The first-order valence-electron chi connectivity index (χ1n) is 9.23. The molecule has 2 heterocycles. The van der Waals surface area contributed by atoms with Gasteiger partial charge < -0.3 is 19.5 Å². The number of amides is 1. The van der Waals surface area contributed by atoms with Gasteiger partial charge in [0.1, 0.15) is 18.2 Å². The molecule has 0 fully saturated rings. The van der Waals surface area contributed by atoms with E-state index in [1.807, 2.05) is 0 Å². The summed E-state index contributed by atoms with van der Waals surface area (Å²) in [5.74, 6) is 1.47. The number of nitrogens with one attached hydrogen (secondary N) is 2. The van der Waals surface area contributed by atoms with Crippen molar-refractivity contribution in [2.75, 3.05) is 12.1 Å². The molecule has 0 saturated carbocycles. The van der Waals surface area contributed by atoms with Crippen LogP contribution >= 0.6 is 0 Å². The lowest BCUT2D eigenvalue weighted by Crippen LogP contribution is -2.12. The van der Waals surface area contributed by atoms with Crippen LogP contribution in [0.4, 0.5) is 10.2 Å². The molecule has 0 aliphatic carbocycles. The molecule has 4 aromatic rings. The van der Waals surface area contributed by atoms with E-state index >= 15 is 0 Å². The van der Waals surface area contributed by atoms with Crippen LogP contribution in [0, 0.1) is 5.82 Å². The Labute approximate surface area is 170 Å². The van der Waals surface area contributed by atoms with Crippen molar-refractivity contribution in [1.29, 1.82) is 0 Å². The second-order valence-corrected chi connectivity index (χ2v) is 6.68. The van der Waals surface area contributed by atoms with Crippen LogP contribution in [0.2, 0.25) is 0 Å². The van der Waals surface area contributed by atoms with Gasteiger partial charge in [-0.2, -0.15) is 5.10 Å². The Kier molecular flexibility index (Phi) is 4.44. The number of carbonyl (C=O) groups excluding carboxylic acids is 1. The van der Waals surface area contributed by atoms with Gasteiger partial charge in [0, 0.05) is 22.6 Å². The van der Waals surface area contributed by atoms with Crippen molar-refractivity contribution in [2.24, 2.45) is 0 Å². The molecule has 3 aromatic carbocycles. The van der Waals surface area contributed by atoms with Crippen molar-refractivity contribution in [3.05, 3.63) is 77.6 Å². The van der Waals surface area contributed by atoms with Gasteiger partial charge in [-0.15, -0.1) is 0 Å². The monoisotopic (exact) mass is 405 g/mol. The van der Waals surface area contributed by atoms with Crippen molar-refractivity contribution >= 4 is 22.6 Å². The first kappa shape index (κ1) is 18.0. The van der Waals surface area contributed by atoms with E-state index in [0.717, 1.165) is 5.39 Å². The average molecular weight is 405 g/mol. The molecule has 0 radical (unpaired) electrons. The Balaban J connectivity index is 1.31. The van der Waals surface area contributed by atoms with Crippen molar-refractivity contribution < 1.29 is 23.4 Å². The van der Waals surface area contributed by atoms with Crippen LogP contribution in [0.1, 0.15) is 15.9 Å². The number of fused-ring (bicyclic) bond motifs is 2. The Hall–Kier alpha value is -4.07. The molecule has 1 aromatic heterocycles. The van der Waals surface area contributed by atoms with Crippen molar-refractivity contribution in [3.8, 4) is 17.2 Å². The third kappa shape index (κ3) is 3.39. The normalized spacial score (nSPS) is 12.2. The number of H-pyrrole nitrogens is 1. The van der Waals surface area contributed by atoms with Gasteiger partial charge in [-0.1, -0.05) is 18.2 Å². The fourth-order valence-electron chi connectivity index (χ4n) is 3.18. The van der Waals surface area contributed by atoms with E-state index < -0.39 is 0 Å². The lowest BCUT2D eigenvalue weighted by Gasteiger charge is -2.07. The topological polar surface area (TPSA) is 85.5 Å². The molecule has 0 spiro atoms. The van der Waals surface area contributed by atoms with Crippen LogP contribution in [0.3, 0.4) is 0 Å². The average Bonchev–Trinajstić information content (AvgIpc) is 3.39. The predicted octanol–water partition coefficient (Wildman–Crippen LogP) is 4.26. The summed E-state index contributed by atoms with van der Waals surface area (Å²) in [6.45, 7) is 0.256. The maximum atomic E-state index is 13.7. The molecule has 5 rings (SSSR count). The Morgan fingerprint density at radius 2 is 1.97 bits per heavy atom. The molecular weight excluding hydrogens is 389 g/mol. The molecule has 0 bridgehead atoms. The molecule has 1 aliphatic heterocycles. The molecule has 7 nitrogen and oxygen atoms in total. The zero-order chi connectivity index (χ0) is 20.5. The van der Waals surface area contributed by atoms with Crippen LogP contribution in [0.5, 0.6) is 17.2 Å². The van der Waals surface area contributed by atoms with Gasteiger partial charge in [-0.3, -0.25) is 9.89 Å². The molecular formula is C22H16FN3O4. The minimum absolute atomic E-state index is 0.111. The molecule has 30 heavy (non-hydrogen) atoms. The maximum absolute atomic E-state index is 13.7. The highest BCUT2D eigenvalue weighted by Gasteiger charge is 2.17. The van der Waals surface area contributed by atoms with E-state index in [1.54, 1.807) is 54.6 Å². The Morgan fingerprint density at radius 1 is 1.10 bits per heavy atom. The first-order valence-corrected chi connectivity index (χ1v) is 9.23. The van der Waals surface area contributed by atoms with Crippen molar-refractivity contribution in [2.45, 2.75) is 6.61 Å². The third-order valence-electron chi connectivity index (χ3n) is 4.75. The summed E-state index contributed by atoms with van der Waals surface area (Å²) >= 11 is 0. The summed E-state index contributed by atoms with van der Waals surface area (Å²) in [6.07, 6.45) is 0. The van der Waals surface area contributed by atoms with Gasteiger partial charge >= 0.3 is 0 Å². The van der Waals surface area contributed by atoms with Gasteiger partial charge in [-0.05, 0) is 36.4 Å². The van der Waals surface area contributed by atoms with Crippen molar-refractivity contribution in [3.63, 3.8) is 0 Å². The molecule has 0 atom stereocenters. The lowest BCUT2D eigenvalue weighted by atomic mass is 10.2. The summed E-state index contributed by atoms with van der Waals surface area (Å²) < 4.78 is 30.0. The van der Waals surface area contributed by atoms with Gasteiger partial charge in [0.25, 0.3) is 5.91 Å². The van der Waals surface area contributed by atoms with E-state index in [2.05, 4.69) is 15.5 Å². The van der Waals surface area contributed by atoms with Gasteiger partial charge in [-0.25, -0.2) is 4.39 Å². The van der Waals surface area contributed by atoms with E-state index in [0.29, 0.717) is 39.7 Å². The zero-order valence-electron chi connectivity index (χ0n) is 15.6. The SMILES string of the molecule is O=C(Nc1n[nH]c2cc(OCc3ccccc3F)ccc12)c1ccc2c(c1)OCO2. The molecule has 0 saturated heterocycles. The molecule has 8 heteroatoms. The number of carbonyl (C=O) groups is 1. The summed E-state index contributed by atoms with van der Waals surface area (Å²) in [7, 11) is 0. The van der Waals surface area contributed by atoms with Crippen LogP contribution < -0.4 is 19.5 Å². The number of aromatic nitrogens is 2. The summed E-state index contributed by atoms with van der Waals surface area (Å²) in [6, 6.07) is 16.7. The first-order chi connectivity index (χ1) is 14.7. The van der Waals surface area contributed by atoms with Crippen LogP contribution in [0.15, 0.2) is 60.7 Å². The fourth-order valence-corrected chi connectivity index (χ4v) is 3.18. The molecule has 150 valence electrons. The van der Waals surface area contributed by atoms with Crippen molar-refractivity contribution in [1.82, 2.24) is 10.2 Å². The largest absolute Gasteiger partial charge is 0.489 e. The number of rotatable bonds is 5. The number of hydrogen-bond donors (Lipinski definition) is 2. The molecule has 1 aliphatic rings. The minimum atomic E-state index is -0.318. The Bertz CT molecular complexity index is 1250. The van der Waals surface area contributed by atoms with Crippen LogP contribution in [-0.4, -0.2) is 22.9 Å². The lowest BCUT2D eigenvalue weighted by molar-refractivity contribution is 0.102. The number of hydrogen-bond acceptors (Lipinski definition) is 5. The fraction of sp³-hybridized carbons (Fsp3) is 0.0909. The summed E-state index contributed by atoms with van der Waals surface area (Å²) in [5.41, 5.74) is 1.58. The second kappa shape index (κ2) is 7.40. The molecule has 0 unspecified atom stereocenters. The number of nitrogens with zero attached hydrogens (tertiary/aromatic N) is 1. The van der Waals surface area contributed by atoms with E-state index in [-0.39, 0.29) is 25.1 Å². The highest BCUT2D eigenvalue weighted by atomic mass is 19.1. The standard InChI is InChI=1S/C22H16FN3O4/c23-17-4-2-1-3-14(17)11-28-15-6-7-16-18(10-15)25-26-21(16)24-22(27)13-5-8-19-20(9-13)30-12-29-19/h1-10H,11-12H2,(H2,24,25,26,27). The maximum Gasteiger partial charge on any atom is 0.257 e. The Morgan fingerprint density at radius 3 is 2.87 bits per heavy atom. The number of aromatic amines is 1. The van der Waals surface area contributed by atoms with Gasteiger partial charge in [0.05, 0.1) is 5.52 Å².